The smallest absolute Gasteiger partial charge is 0.267 e. The molecule has 0 saturated carbocycles. The lowest BCUT2D eigenvalue weighted by molar-refractivity contribution is 0.218. The molecule has 144 valence electrons. The Balaban J connectivity index is 2.08. The van der Waals surface area contributed by atoms with Crippen molar-refractivity contribution in [1.29, 1.82) is 0 Å². The predicted molar refractivity (Wildman–Crippen MR) is 110 cm³/mol. The van der Waals surface area contributed by atoms with Gasteiger partial charge < -0.3 is 9.47 Å². The van der Waals surface area contributed by atoms with Crippen LogP contribution in [0, 0.1) is 6.92 Å². The second kappa shape index (κ2) is 7.65. The molecule has 0 radical (unpaired) electrons. The van der Waals surface area contributed by atoms with E-state index in [1.807, 2.05) is 53.8 Å². The number of hydrogen-bond acceptors (Lipinski definition) is 6. The SMILES string of the molecule is COCCSc1nnc2n(-c3cc(C)ccc3OC)c(=O)c3ccccc3n12. The molecule has 0 saturated heterocycles. The Labute approximate surface area is 165 Å². The Kier molecular flexibility index (Phi) is 5.06. The molecule has 0 fully saturated rings. The standard InChI is InChI=1S/C20H20N4O3S/c1-13-8-9-17(27-3)16(12-13)23-18(25)14-6-4-5-7-15(14)24-19(23)21-22-20(24)28-11-10-26-2/h4-9,12H,10-11H2,1-3H3. The lowest BCUT2D eigenvalue weighted by Crippen LogP contribution is -2.22. The van der Waals surface area contributed by atoms with E-state index in [1.54, 1.807) is 18.8 Å². The van der Waals surface area contributed by atoms with E-state index in [1.165, 1.54) is 11.8 Å². The van der Waals surface area contributed by atoms with Gasteiger partial charge in [-0.15, -0.1) is 10.2 Å². The summed E-state index contributed by atoms with van der Waals surface area (Å²) in [4.78, 5) is 13.4. The summed E-state index contributed by atoms with van der Waals surface area (Å²) in [5.41, 5.74) is 2.27. The van der Waals surface area contributed by atoms with Gasteiger partial charge in [-0.2, -0.15) is 0 Å². The van der Waals surface area contributed by atoms with Crippen LogP contribution in [0.3, 0.4) is 0 Å². The lowest BCUT2D eigenvalue weighted by atomic mass is 10.2. The third-order valence-electron chi connectivity index (χ3n) is 4.49. The van der Waals surface area contributed by atoms with Gasteiger partial charge in [-0.1, -0.05) is 30.0 Å². The van der Waals surface area contributed by atoms with Crippen molar-refractivity contribution in [3.05, 3.63) is 58.4 Å². The molecule has 8 heteroatoms. The Morgan fingerprint density at radius 2 is 1.93 bits per heavy atom. The van der Waals surface area contributed by atoms with Crippen molar-refractivity contribution >= 4 is 28.4 Å². The summed E-state index contributed by atoms with van der Waals surface area (Å²) in [6.45, 7) is 2.57. The van der Waals surface area contributed by atoms with Gasteiger partial charge in [0.1, 0.15) is 5.75 Å². The molecule has 0 N–H and O–H groups in total. The first-order valence-electron chi connectivity index (χ1n) is 8.81. The van der Waals surface area contributed by atoms with Gasteiger partial charge in [0.2, 0.25) is 5.78 Å². The highest BCUT2D eigenvalue weighted by Crippen LogP contribution is 2.27. The van der Waals surface area contributed by atoms with Crippen LogP contribution in [0.4, 0.5) is 0 Å². The molecule has 0 bridgehead atoms. The minimum Gasteiger partial charge on any atom is -0.495 e. The Morgan fingerprint density at radius 1 is 1.11 bits per heavy atom. The average molecular weight is 396 g/mol. The monoisotopic (exact) mass is 396 g/mol. The maximum absolute atomic E-state index is 13.4. The van der Waals surface area contributed by atoms with E-state index in [9.17, 15) is 4.79 Å². The van der Waals surface area contributed by atoms with Gasteiger partial charge in [-0.05, 0) is 36.8 Å². The quantitative estimate of drug-likeness (QED) is 0.368. The van der Waals surface area contributed by atoms with E-state index >= 15 is 0 Å². The summed E-state index contributed by atoms with van der Waals surface area (Å²) < 4.78 is 14.1. The van der Waals surface area contributed by atoms with E-state index in [0.29, 0.717) is 34.4 Å². The summed E-state index contributed by atoms with van der Waals surface area (Å²) in [5.74, 6) is 1.78. The van der Waals surface area contributed by atoms with Crippen LogP contribution < -0.4 is 10.3 Å². The number of rotatable bonds is 6. The number of nitrogens with zero attached hydrogens (tertiary/aromatic N) is 4. The topological polar surface area (TPSA) is 70.7 Å². The van der Waals surface area contributed by atoms with Gasteiger partial charge in [0.25, 0.3) is 5.56 Å². The average Bonchev–Trinajstić information content (AvgIpc) is 3.12. The van der Waals surface area contributed by atoms with Crippen LogP contribution in [-0.2, 0) is 4.74 Å². The second-order valence-electron chi connectivity index (χ2n) is 6.29. The van der Waals surface area contributed by atoms with E-state index in [4.69, 9.17) is 9.47 Å². The number of thioether (sulfide) groups is 1. The summed E-state index contributed by atoms with van der Waals surface area (Å²) in [7, 11) is 3.26. The first-order chi connectivity index (χ1) is 13.7. The molecule has 2 aromatic heterocycles. The molecular weight excluding hydrogens is 376 g/mol. The highest BCUT2D eigenvalue weighted by molar-refractivity contribution is 7.99. The minimum absolute atomic E-state index is 0.159. The van der Waals surface area contributed by atoms with Crippen molar-refractivity contribution in [3.8, 4) is 11.4 Å². The third-order valence-corrected chi connectivity index (χ3v) is 5.38. The molecule has 0 aliphatic heterocycles. The molecule has 4 rings (SSSR count). The van der Waals surface area contributed by atoms with Gasteiger partial charge in [0.15, 0.2) is 5.16 Å². The number of para-hydroxylation sites is 1. The summed E-state index contributed by atoms with van der Waals surface area (Å²) in [5, 5.41) is 9.99. The lowest BCUT2D eigenvalue weighted by Gasteiger charge is -2.14. The maximum Gasteiger partial charge on any atom is 0.267 e. The van der Waals surface area contributed by atoms with Crippen LogP contribution in [-0.4, -0.2) is 45.7 Å². The first kappa shape index (κ1) is 18.5. The second-order valence-corrected chi connectivity index (χ2v) is 7.35. The van der Waals surface area contributed by atoms with Crippen molar-refractivity contribution in [1.82, 2.24) is 19.2 Å². The van der Waals surface area contributed by atoms with Crippen molar-refractivity contribution in [2.45, 2.75) is 12.1 Å². The Bertz CT molecular complexity index is 1220. The number of aryl methyl sites for hydroxylation is 1. The molecule has 0 aliphatic rings. The normalized spacial score (nSPS) is 11.4. The number of methoxy groups -OCH3 is 2. The van der Waals surface area contributed by atoms with Crippen LogP contribution in [0.2, 0.25) is 0 Å². The van der Waals surface area contributed by atoms with Gasteiger partial charge >= 0.3 is 0 Å². The van der Waals surface area contributed by atoms with Gasteiger partial charge in [-0.3, -0.25) is 9.20 Å². The highest BCUT2D eigenvalue weighted by atomic mass is 32.2. The van der Waals surface area contributed by atoms with Crippen molar-refractivity contribution in [2.24, 2.45) is 0 Å². The molecule has 28 heavy (non-hydrogen) atoms. The molecule has 2 heterocycles. The molecule has 2 aromatic carbocycles. The number of fused-ring (bicyclic) bond motifs is 3. The maximum atomic E-state index is 13.4. The van der Waals surface area contributed by atoms with Crippen LogP contribution in [0.15, 0.2) is 52.4 Å². The van der Waals surface area contributed by atoms with Crippen LogP contribution in [0.25, 0.3) is 22.4 Å². The molecule has 0 atom stereocenters. The van der Waals surface area contributed by atoms with Crippen LogP contribution in [0.5, 0.6) is 5.75 Å². The first-order valence-corrected chi connectivity index (χ1v) is 9.80. The van der Waals surface area contributed by atoms with Gasteiger partial charge in [0, 0.05) is 12.9 Å². The van der Waals surface area contributed by atoms with Crippen molar-refractivity contribution in [3.63, 3.8) is 0 Å². The number of hydrogen-bond donors (Lipinski definition) is 0. The Morgan fingerprint density at radius 3 is 2.71 bits per heavy atom. The number of aromatic nitrogens is 4. The summed E-state index contributed by atoms with van der Waals surface area (Å²) in [6, 6.07) is 13.2. The zero-order valence-electron chi connectivity index (χ0n) is 15.9. The van der Waals surface area contributed by atoms with E-state index < -0.39 is 0 Å². The molecule has 0 aliphatic carbocycles. The van der Waals surface area contributed by atoms with E-state index in [0.717, 1.165) is 16.8 Å². The van der Waals surface area contributed by atoms with Crippen molar-refractivity contribution in [2.75, 3.05) is 26.6 Å². The minimum atomic E-state index is -0.159. The predicted octanol–water partition coefficient (Wildman–Crippen LogP) is 3.09. The van der Waals surface area contributed by atoms with Crippen LogP contribution >= 0.6 is 11.8 Å². The zero-order chi connectivity index (χ0) is 19.7. The molecular formula is C20H20N4O3S. The molecule has 0 spiro atoms. The van der Waals surface area contributed by atoms with Crippen molar-refractivity contribution < 1.29 is 9.47 Å². The van der Waals surface area contributed by atoms with Gasteiger partial charge in [0.05, 0.1) is 30.3 Å². The van der Waals surface area contributed by atoms with Gasteiger partial charge in [-0.25, -0.2) is 4.57 Å². The third kappa shape index (κ3) is 3.04. The zero-order valence-corrected chi connectivity index (χ0v) is 16.7. The number of benzene rings is 2. The van der Waals surface area contributed by atoms with Crippen LogP contribution in [0.1, 0.15) is 5.56 Å². The summed E-state index contributed by atoms with van der Waals surface area (Å²) in [6.07, 6.45) is 0. The fourth-order valence-corrected chi connectivity index (χ4v) is 4.02. The molecule has 0 unspecified atom stereocenters. The fraction of sp³-hybridized carbons (Fsp3) is 0.250. The largest absolute Gasteiger partial charge is 0.495 e. The molecule has 4 aromatic rings. The van der Waals surface area contributed by atoms with E-state index in [-0.39, 0.29) is 5.56 Å². The molecule has 7 nitrogen and oxygen atoms in total. The summed E-state index contributed by atoms with van der Waals surface area (Å²) >= 11 is 1.54. The van der Waals surface area contributed by atoms with E-state index in [2.05, 4.69) is 10.2 Å². The Hall–Kier alpha value is -2.84. The number of ether oxygens (including phenoxy) is 2. The highest BCUT2D eigenvalue weighted by Gasteiger charge is 2.19. The molecule has 0 amide bonds. The fourth-order valence-electron chi connectivity index (χ4n) is 3.18.